The van der Waals surface area contributed by atoms with E-state index in [1.165, 1.54) is 18.2 Å². The molecule has 31 heavy (non-hydrogen) atoms. The monoisotopic (exact) mass is 422 g/mol. The molecule has 3 aromatic rings. The summed E-state index contributed by atoms with van der Waals surface area (Å²) in [5.74, 6) is 0.696. The molecule has 6 nitrogen and oxygen atoms in total. The predicted molar refractivity (Wildman–Crippen MR) is 120 cm³/mol. The lowest BCUT2D eigenvalue weighted by Crippen LogP contribution is -2.29. The number of aliphatic hydroxyl groups is 1. The number of benzene rings is 2. The average Bonchev–Trinajstić information content (AvgIpc) is 2.66. The second-order valence-electron chi connectivity index (χ2n) is 9.15. The van der Waals surface area contributed by atoms with Crippen LogP contribution in [0.15, 0.2) is 45.6 Å². The molecule has 0 saturated carbocycles. The Hall–Kier alpha value is -3.25. The van der Waals surface area contributed by atoms with Crippen molar-refractivity contribution in [1.29, 1.82) is 0 Å². The number of phenolic OH excluding ortho intramolecular Hbond substituents is 2. The molecule has 1 aliphatic heterocycles. The molecular formula is C25H26O6. The number of rotatable bonds is 4. The van der Waals surface area contributed by atoms with Crippen LogP contribution in [-0.2, 0) is 6.42 Å². The zero-order valence-electron chi connectivity index (χ0n) is 18.0. The maximum Gasteiger partial charge on any atom is 0.197 e. The summed E-state index contributed by atoms with van der Waals surface area (Å²) in [6.07, 6.45) is 4.43. The Balaban J connectivity index is 1.99. The van der Waals surface area contributed by atoms with Gasteiger partial charge in [0.25, 0.3) is 0 Å². The third-order valence-corrected chi connectivity index (χ3v) is 5.39. The molecule has 0 fully saturated rings. The van der Waals surface area contributed by atoms with Crippen LogP contribution in [0, 0.1) is 0 Å². The van der Waals surface area contributed by atoms with Crippen molar-refractivity contribution >= 4 is 17.0 Å². The number of phenols is 2. The van der Waals surface area contributed by atoms with E-state index in [0.29, 0.717) is 41.0 Å². The van der Waals surface area contributed by atoms with Gasteiger partial charge in [-0.25, -0.2) is 0 Å². The van der Waals surface area contributed by atoms with Gasteiger partial charge < -0.3 is 24.5 Å². The van der Waals surface area contributed by atoms with E-state index in [4.69, 9.17) is 9.15 Å². The van der Waals surface area contributed by atoms with Crippen molar-refractivity contribution in [2.24, 2.45) is 0 Å². The van der Waals surface area contributed by atoms with Gasteiger partial charge in [0.15, 0.2) is 11.0 Å². The largest absolute Gasteiger partial charge is 0.508 e. The molecular weight excluding hydrogens is 396 g/mol. The smallest absolute Gasteiger partial charge is 0.197 e. The minimum absolute atomic E-state index is 0.0833. The van der Waals surface area contributed by atoms with Crippen LogP contribution in [0.2, 0.25) is 0 Å². The van der Waals surface area contributed by atoms with Gasteiger partial charge in [0.1, 0.15) is 34.0 Å². The van der Waals surface area contributed by atoms with E-state index >= 15 is 0 Å². The Labute approximate surface area is 180 Å². The molecule has 3 N–H and O–H groups in total. The fourth-order valence-electron chi connectivity index (χ4n) is 3.71. The van der Waals surface area contributed by atoms with E-state index in [-0.39, 0.29) is 27.9 Å². The van der Waals surface area contributed by atoms with E-state index < -0.39 is 11.2 Å². The first-order valence-corrected chi connectivity index (χ1v) is 10.2. The second kappa shape index (κ2) is 7.17. The van der Waals surface area contributed by atoms with E-state index in [1.54, 1.807) is 26.0 Å². The van der Waals surface area contributed by atoms with Gasteiger partial charge >= 0.3 is 0 Å². The van der Waals surface area contributed by atoms with Crippen LogP contribution < -0.4 is 10.2 Å². The molecule has 0 saturated heterocycles. The van der Waals surface area contributed by atoms with Crippen molar-refractivity contribution < 1.29 is 24.5 Å². The first-order chi connectivity index (χ1) is 14.5. The van der Waals surface area contributed by atoms with Crippen LogP contribution in [0.25, 0.3) is 28.4 Å². The fraction of sp³-hybridized carbons (Fsp3) is 0.320. The first-order valence-electron chi connectivity index (χ1n) is 10.2. The number of ether oxygens (including phenoxy) is 1. The predicted octanol–water partition coefficient (Wildman–Crippen LogP) is 4.76. The lowest BCUT2D eigenvalue weighted by atomic mass is 9.91. The van der Waals surface area contributed by atoms with Crippen molar-refractivity contribution in [2.45, 2.75) is 51.7 Å². The highest BCUT2D eigenvalue weighted by Gasteiger charge is 2.31. The second-order valence-corrected chi connectivity index (χ2v) is 9.15. The lowest BCUT2D eigenvalue weighted by Gasteiger charge is -2.31. The molecule has 162 valence electrons. The summed E-state index contributed by atoms with van der Waals surface area (Å²) in [6, 6.07) is 7.66. The van der Waals surface area contributed by atoms with Gasteiger partial charge in [-0.3, -0.25) is 4.79 Å². The van der Waals surface area contributed by atoms with Gasteiger partial charge in [0.2, 0.25) is 0 Å². The number of fused-ring (bicyclic) bond motifs is 3. The SMILES string of the molecule is CC(C)(O)CCc1c2c(c3oc(-c4ccc(O)cc4)cc(=O)c3c1O)C=CC(C)(C)O2. The standard InChI is InChI=1S/C25H26O6/c1-24(2,29)11-9-16-21(28)20-18(27)13-19(14-5-7-15(26)8-6-14)30-23(20)17-10-12-25(3,4)31-22(16)17/h5-8,10,12-13,26,28-29H,9,11H2,1-4H3. The molecule has 6 heteroatoms. The fourth-order valence-corrected chi connectivity index (χ4v) is 3.71. The van der Waals surface area contributed by atoms with E-state index in [0.717, 1.165) is 0 Å². The molecule has 0 atom stereocenters. The number of hydrogen-bond donors (Lipinski definition) is 3. The molecule has 0 unspecified atom stereocenters. The molecule has 0 radical (unpaired) electrons. The zero-order chi connectivity index (χ0) is 22.6. The van der Waals surface area contributed by atoms with Gasteiger partial charge in [-0.1, -0.05) is 0 Å². The van der Waals surface area contributed by atoms with Gasteiger partial charge in [-0.2, -0.15) is 0 Å². The summed E-state index contributed by atoms with van der Waals surface area (Å²) < 4.78 is 12.3. The van der Waals surface area contributed by atoms with Gasteiger partial charge in [-0.05, 0) is 77.0 Å². The molecule has 4 rings (SSSR count). The third-order valence-electron chi connectivity index (χ3n) is 5.39. The molecule has 1 aromatic heterocycles. The lowest BCUT2D eigenvalue weighted by molar-refractivity contribution is 0.0707. The van der Waals surface area contributed by atoms with Crippen LogP contribution >= 0.6 is 0 Å². The van der Waals surface area contributed by atoms with Crippen LogP contribution in [0.1, 0.15) is 45.2 Å². The maximum atomic E-state index is 13.0. The summed E-state index contributed by atoms with van der Waals surface area (Å²) in [7, 11) is 0. The maximum absolute atomic E-state index is 13.0. The highest BCUT2D eigenvalue weighted by molar-refractivity contribution is 5.96. The zero-order valence-corrected chi connectivity index (χ0v) is 18.0. The van der Waals surface area contributed by atoms with E-state index in [1.807, 2.05) is 26.0 Å². The van der Waals surface area contributed by atoms with Crippen LogP contribution in [0.5, 0.6) is 17.2 Å². The highest BCUT2D eigenvalue weighted by atomic mass is 16.5. The Morgan fingerprint density at radius 3 is 2.42 bits per heavy atom. The molecule has 1 aliphatic rings. The summed E-state index contributed by atoms with van der Waals surface area (Å²) in [5, 5.41) is 30.9. The molecule has 2 aromatic carbocycles. The summed E-state index contributed by atoms with van der Waals surface area (Å²) >= 11 is 0. The summed E-state index contributed by atoms with van der Waals surface area (Å²) in [5.41, 5.74) is -0.0126. The number of aromatic hydroxyl groups is 2. The van der Waals surface area contributed by atoms with Crippen molar-refractivity contribution in [1.82, 2.24) is 0 Å². The van der Waals surface area contributed by atoms with Crippen LogP contribution in [0.3, 0.4) is 0 Å². The Kier molecular flexibility index (Phi) is 4.85. The van der Waals surface area contributed by atoms with E-state index in [2.05, 4.69) is 0 Å². The van der Waals surface area contributed by atoms with Gasteiger partial charge in [-0.15, -0.1) is 0 Å². The molecule has 0 amide bonds. The van der Waals surface area contributed by atoms with Gasteiger partial charge in [0, 0.05) is 17.2 Å². The van der Waals surface area contributed by atoms with Crippen molar-refractivity contribution in [3.8, 4) is 28.6 Å². The average molecular weight is 422 g/mol. The summed E-state index contributed by atoms with van der Waals surface area (Å²) in [4.78, 5) is 13.0. The molecule has 2 heterocycles. The minimum atomic E-state index is -0.943. The quantitative estimate of drug-likeness (QED) is 0.561. The van der Waals surface area contributed by atoms with Crippen LogP contribution in [-0.4, -0.2) is 26.5 Å². The topological polar surface area (TPSA) is 100 Å². The Morgan fingerprint density at radius 1 is 1.10 bits per heavy atom. The highest BCUT2D eigenvalue weighted by Crippen LogP contribution is 2.45. The Morgan fingerprint density at radius 2 is 1.77 bits per heavy atom. The van der Waals surface area contributed by atoms with E-state index in [9.17, 15) is 20.1 Å². The van der Waals surface area contributed by atoms with Crippen molar-refractivity contribution in [2.75, 3.05) is 0 Å². The van der Waals surface area contributed by atoms with Crippen LogP contribution in [0.4, 0.5) is 0 Å². The normalized spacial score (nSPS) is 15.0. The van der Waals surface area contributed by atoms with Crippen molar-refractivity contribution in [3.63, 3.8) is 0 Å². The third kappa shape index (κ3) is 4.03. The first kappa shape index (κ1) is 21.0. The molecule has 0 aliphatic carbocycles. The molecule has 0 bridgehead atoms. The number of hydrogen-bond acceptors (Lipinski definition) is 6. The Bertz CT molecular complexity index is 1240. The van der Waals surface area contributed by atoms with Gasteiger partial charge in [0.05, 0.1) is 11.2 Å². The minimum Gasteiger partial charge on any atom is -0.508 e. The molecule has 0 spiro atoms. The van der Waals surface area contributed by atoms with Crippen molar-refractivity contribution in [3.05, 3.63) is 57.8 Å². The summed E-state index contributed by atoms with van der Waals surface area (Å²) in [6.45, 7) is 7.19.